The Morgan fingerprint density at radius 2 is 1.71 bits per heavy atom. The van der Waals surface area contributed by atoms with Crippen LogP contribution < -0.4 is 5.32 Å². The summed E-state index contributed by atoms with van der Waals surface area (Å²) in [5.41, 5.74) is 1.96. The van der Waals surface area contributed by atoms with Crippen molar-refractivity contribution in [1.29, 1.82) is 0 Å². The van der Waals surface area contributed by atoms with Crippen LogP contribution in [0.25, 0.3) is 0 Å². The first-order valence-corrected chi connectivity index (χ1v) is 7.46. The Morgan fingerprint density at radius 1 is 1.04 bits per heavy atom. The lowest BCUT2D eigenvalue weighted by atomic mass is 10.1. The fourth-order valence-electron chi connectivity index (χ4n) is 2.57. The van der Waals surface area contributed by atoms with Gasteiger partial charge in [0.1, 0.15) is 5.82 Å². The van der Waals surface area contributed by atoms with Gasteiger partial charge in [0.15, 0.2) is 0 Å². The lowest BCUT2D eigenvalue weighted by molar-refractivity contribution is -0.116. The molecule has 24 heavy (non-hydrogen) atoms. The van der Waals surface area contributed by atoms with Crippen LogP contribution in [0, 0.1) is 5.82 Å². The van der Waals surface area contributed by atoms with E-state index in [2.05, 4.69) is 5.32 Å². The summed E-state index contributed by atoms with van der Waals surface area (Å²) < 4.78 is 12.8. The van der Waals surface area contributed by atoms with E-state index in [-0.39, 0.29) is 30.0 Å². The van der Waals surface area contributed by atoms with Crippen molar-refractivity contribution in [3.63, 3.8) is 0 Å². The van der Waals surface area contributed by atoms with E-state index in [1.165, 1.54) is 31.3 Å². The molecule has 3 rings (SSSR count). The number of aryl methyl sites for hydroxylation is 1. The predicted octanol–water partition coefficient (Wildman–Crippen LogP) is 2.62. The molecule has 0 saturated heterocycles. The largest absolute Gasteiger partial charge is 0.326 e. The number of carbonyl (C=O) groups excluding carboxylic acids is 3. The van der Waals surface area contributed by atoms with E-state index < -0.39 is 0 Å². The molecule has 2 aromatic rings. The molecule has 0 bridgehead atoms. The number of rotatable bonds is 4. The Hall–Kier alpha value is -3.02. The van der Waals surface area contributed by atoms with Gasteiger partial charge < -0.3 is 5.32 Å². The molecule has 0 aromatic heterocycles. The van der Waals surface area contributed by atoms with Gasteiger partial charge in [0, 0.05) is 19.2 Å². The molecule has 0 radical (unpaired) electrons. The van der Waals surface area contributed by atoms with E-state index in [0.29, 0.717) is 23.2 Å². The summed E-state index contributed by atoms with van der Waals surface area (Å²) in [6.07, 6.45) is 0.715. The lowest BCUT2D eigenvalue weighted by Crippen LogP contribution is -2.24. The number of benzene rings is 2. The molecule has 1 N–H and O–H groups in total. The first-order chi connectivity index (χ1) is 11.5. The zero-order valence-corrected chi connectivity index (χ0v) is 13.0. The van der Waals surface area contributed by atoms with Crippen LogP contribution in [0.2, 0.25) is 0 Å². The third kappa shape index (κ3) is 3.03. The SMILES string of the molecule is CN1C(=O)c2ccc(NC(=O)CCc3ccc(F)cc3)cc2C1=O. The van der Waals surface area contributed by atoms with Crippen molar-refractivity contribution in [2.75, 3.05) is 12.4 Å². The van der Waals surface area contributed by atoms with Crippen LogP contribution in [0.15, 0.2) is 42.5 Å². The van der Waals surface area contributed by atoms with Crippen molar-refractivity contribution in [3.8, 4) is 0 Å². The maximum absolute atomic E-state index is 12.8. The molecular weight excluding hydrogens is 311 g/mol. The molecule has 0 aliphatic carbocycles. The first kappa shape index (κ1) is 15.9. The van der Waals surface area contributed by atoms with Crippen molar-refractivity contribution in [2.45, 2.75) is 12.8 Å². The van der Waals surface area contributed by atoms with Gasteiger partial charge in [-0.3, -0.25) is 19.3 Å². The van der Waals surface area contributed by atoms with Crippen LogP contribution in [0.1, 0.15) is 32.7 Å². The number of anilines is 1. The smallest absolute Gasteiger partial charge is 0.261 e. The molecule has 0 atom stereocenters. The Kier molecular flexibility index (Phi) is 4.12. The molecule has 6 heteroatoms. The molecule has 0 unspecified atom stereocenters. The molecule has 2 aromatic carbocycles. The van der Waals surface area contributed by atoms with Crippen molar-refractivity contribution in [2.24, 2.45) is 0 Å². The summed E-state index contributed by atoms with van der Waals surface area (Å²) in [6, 6.07) is 10.6. The van der Waals surface area contributed by atoms with Gasteiger partial charge in [0.25, 0.3) is 11.8 Å². The van der Waals surface area contributed by atoms with Crippen LogP contribution in [0.3, 0.4) is 0 Å². The number of amides is 3. The highest BCUT2D eigenvalue weighted by Crippen LogP contribution is 2.24. The number of imide groups is 1. The number of nitrogens with one attached hydrogen (secondary N) is 1. The molecule has 3 amide bonds. The highest BCUT2D eigenvalue weighted by Gasteiger charge is 2.32. The van der Waals surface area contributed by atoms with Crippen LogP contribution in [0.4, 0.5) is 10.1 Å². The lowest BCUT2D eigenvalue weighted by Gasteiger charge is -2.06. The number of hydrogen-bond acceptors (Lipinski definition) is 3. The van der Waals surface area contributed by atoms with Crippen molar-refractivity contribution in [3.05, 3.63) is 65.0 Å². The Labute approximate surface area is 138 Å². The van der Waals surface area contributed by atoms with Gasteiger partial charge >= 0.3 is 0 Å². The van der Waals surface area contributed by atoms with E-state index in [1.54, 1.807) is 18.2 Å². The van der Waals surface area contributed by atoms with Crippen LogP contribution in [-0.2, 0) is 11.2 Å². The summed E-state index contributed by atoms with van der Waals surface area (Å²) in [5.74, 6) is -1.25. The van der Waals surface area contributed by atoms with E-state index in [4.69, 9.17) is 0 Å². The third-order valence-electron chi connectivity index (χ3n) is 3.93. The number of carbonyl (C=O) groups is 3. The summed E-state index contributed by atoms with van der Waals surface area (Å²) in [5, 5.41) is 2.71. The zero-order valence-electron chi connectivity index (χ0n) is 13.0. The Morgan fingerprint density at radius 3 is 2.42 bits per heavy atom. The van der Waals surface area contributed by atoms with E-state index in [0.717, 1.165) is 10.5 Å². The van der Waals surface area contributed by atoms with E-state index in [9.17, 15) is 18.8 Å². The van der Waals surface area contributed by atoms with Gasteiger partial charge in [0.05, 0.1) is 11.1 Å². The maximum Gasteiger partial charge on any atom is 0.261 e. The monoisotopic (exact) mass is 326 g/mol. The number of fused-ring (bicyclic) bond motifs is 1. The van der Waals surface area contributed by atoms with Gasteiger partial charge in [0.2, 0.25) is 5.91 Å². The van der Waals surface area contributed by atoms with Crippen LogP contribution in [-0.4, -0.2) is 29.7 Å². The van der Waals surface area contributed by atoms with Gasteiger partial charge in [-0.25, -0.2) is 4.39 Å². The second kappa shape index (κ2) is 6.23. The average Bonchev–Trinajstić information content (AvgIpc) is 2.79. The quantitative estimate of drug-likeness (QED) is 0.878. The minimum atomic E-state index is -0.377. The Balaban J connectivity index is 1.64. The predicted molar refractivity (Wildman–Crippen MR) is 86.2 cm³/mol. The summed E-state index contributed by atoms with van der Waals surface area (Å²) >= 11 is 0. The van der Waals surface area contributed by atoms with Crippen molar-refractivity contribution >= 4 is 23.4 Å². The number of halogens is 1. The minimum absolute atomic E-state index is 0.218. The fraction of sp³-hybridized carbons (Fsp3) is 0.167. The molecule has 5 nitrogen and oxygen atoms in total. The molecule has 1 aliphatic rings. The molecule has 122 valence electrons. The number of nitrogens with zero attached hydrogens (tertiary/aromatic N) is 1. The first-order valence-electron chi connectivity index (χ1n) is 7.46. The molecule has 0 saturated carbocycles. The molecule has 1 aliphatic heterocycles. The number of hydrogen-bond donors (Lipinski definition) is 1. The summed E-state index contributed by atoms with van der Waals surface area (Å²) in [4.78, 5) is 36.8. The van der Waals surface area contributed by atoms with Gasteiger partial charge in [-0.15, -0.1) is 0 Å². The topological polar surface area (TPSA) is 66.5 Å². The van der Waals surface area contributed by atoms with E-state index >= 15 is 0 Å². The molecular formula is C18H15FN2O3. The van der Waals surface area contributed by atoms with Crippen LogP contribution in [0.5, 0.6) is 0 Å². The second-order valence-electron chi connectivity index (χ2n) is 5.60. The van der Waals surface area contributed by atoms with E-state index in [1.807, 2.05) is 0 Å². The second-order valence-corrected chi connectivity index (χ2v) is 5.60. The molecule has 0 spiro atoms. The highest BCUT2D eigenvalue weighted by atomic mass is 19.1. The van der Waals surface area contributed by atoms with Gasteiger partial charge in [-0.05, 0) is 42.3 Å². The molecule has 1 heterocycles. The highest BCUT2D eigenvalue weighted by molar-refractivity contribution is 6.21. The minimum Gasteiger partial charge on any atom is -0.326 e. The standard InChI is InChI=1S/C18H15FN2O3/c1-21-17(23)14-8-7-13(10-15(14)18(21)24)20-16(22)9-4-11-2-5-12(19)6-3-11/h2-3,5-8,10H,4,9H2,1H3,(H,20,22). The Bertz CT molecular complexity index is 831. The van der Waals surface area contributed by atoms with Crippen molar-refractivity contribution < 1.29 is 18.8 Å². The van der Waals surface area contributed by atoms with Crippen LogP contribution >= 0.6 is 0 Å². The third-order valence-corrected chi connectivity index (χ3v) is 3.93. The molecule has 0 fully saturated rings. The fourth-order valence-corrected chi connectivity index (χ4v) is 2.57. The normalized spacial score (nSPS) is 13.2. The van der Waals surface area contributed by atoms with Gasteiger partial charge in [-0.2, -0.15) is 0 Å². The summed E-state index contributed by atoms with van der Waals surface area (Å²) in [7, 11) is 1.42. The maximum atomic E-state index is 12.8. The van der Waals surface area contributed by atoms with Crippen molar-refractivity contribution in [1.82, 2.24) is 4.90 Å². The van der Waals surface area contributed by atoms with Gasteiger partial charge in [-0.1, -0.05) is 12.1 Å². The average molecular weight is 326 g/mol. The zero-order chi connectivity index (χ0) is 17.3. The summed E-state index contributed by atoms with van der Waals surface area (Å²) in [6.45, 7) is 0.